The van der Waals surface area contributed by atoms with Gasteiger partial charge >= 0.3 is 0 Å². The molecule has 0 aliphatic heterocycles. The minimum Gasteiger partial charge on any atom is -0.493 e. The summed E-state index contributed by atoms with van der Waals surface area (Å²) < 4.78 is 23.8. The van der Waals surface area contributed by atoms with Gasteiger partial charge in [-0.1, -0.05) is 0 Å². The van der Waals surface area contributed by atoms with Crippen LogP contribution in [0.15, 0.2) is 18.2 Å². The zero-order valence-corrected chi connectivity index (χ0v) is 10.4. The van der Waals surface area contributed by atoms with Gasteiger partial charge in [-0.25, -0.2) is 4.39 Å². The summed E-state index contributed by atoms with van der Waals surface area (Å²) in [5, 5.41) is 0. The van der Waals surface area contributed by atoms with Crippen LogP contribution in [-0.4, -0.2) is 19.8 Å². The quantitative estimate of drug-likeness (QED) is 0.746. The third-order valence-corrected chi connectivity index (χ3v) is 2.36. The first-order valence-corrected chi connectivity index (χ1v) is 5.90. The number of ether oxygens (including phenoxy) is 2. The van der Waals surface area contributed by atoms with E-state index in [4.69, 9.17) is 15.2 Å². The van der Waals surface area contributed by atoms with Crippen LogP contribution in [-0.2, 0) is 4.74 Å². The van der Waals surface area contributed by atoms with E-state index in [0.717, 1.165) is 6.42 Å². The molecule has 96 valence electrons. The molecule has 0 aromatic heterocycles. The van der Waals surface area contributed by atoms with Gasteiger partial charge in [-0.3, -0.25) is 0 Å². The Morgan fingerprint density at radius 1 is 1.35 bits per heavy atom. The molecule has 0 aliphatic carbocycles. The average molecular weight is 241 g/mol. The fourth-order valence-electron chi connectivity index (χ4n) is 1.49. The van der Waals surface area contributed by atoms with E-state index >= 15 is 0 Å². The van der Waals surface area contributed by atoms with Gasteiger partial charge in [-0.2, -0.15) is 0 Å². The van der Waals surface area contributed by atoms with E-state index in [-0.39, 0.29) is 11.9 Å². The number of hydrogen-bond acceptors (Lipinski definition) is 3. The summed E-state index contributed by atoms with van der Waals surface area (Å²) in [6.45, 7) is 5.69. The molecule has 1 aromatic rings. The maximum absolute atomic E-state index is 13.1. The SMILES string of the molecule is CCOCCCOc1ccc(F)cc1[C@H](C)N. The van der Waals surface area contributed by atoms with Gasteiger partial charge in [0.2, 0.25) is 0 Å². The zero-order valence-electron chi connectivity index (χ0n) is 10.4. The van der Waals surface area contributed by atoms with Gasteiger partial charge in [0.1, 0.15) is 11.6 Å². The van der Waals surface area contributed by atoms with Crippen LogP contribution in [0.4, 0.5) is 4.39 Å². The molecule has 0 fully saturated rings. The van der Waals surface area contributed by atoms with E-state index < -0.39 is 0 Å². The lowest BCUT2D eigenvalue weighted by atomic mass is 10.1. The van der Waals surface area contributed by atoms with E-state index in [1.807, 2.05) is 13.8 Å². The molecule has 0 spiro atoms. The first-order chi connectivity index (χ1) is 8.15. The second-order valence-electron chi connectivity index (χ2n) is 3.87. The molecule has 4 heteroatoms. The van der Waals surface area contributed by atoms with Gasteiger partial charge in [0, 0.05) is 31.2 Å². The fourth-order valence-corrected chi connectivity index (χ4v) is 1.49. The predicted octanol–water partition coefficient (Wildman–Crippen LogP) is 2.65. The third-order valence-electron chi connectivity index (χ3n) is 2.36. The summed E-state index contributed by atoms with van der Waals surface area (Å²) in [7, 11) is 0. The standard InChI is InChI=1S/C13H20FNO2/c1-3-16-7-4-8-17-13-6-5-11(14)9-12(13)10(2)15/h5-6,9-10H,3-4,7-8,15H2,1-2H3/t10-/m0/s1. The van der Waals surface area contributed by atoms with E-state index in [0.29, 0.717) is 31.1 Å². The molecule has 3 nitrogen and oxygen atoms in total. The minimum atomic E-state index is -0.293. The number of nitrogens with two attached hydrogens (primary N) is 1. The van der Waals surface area contributed by atoms with Gasteiger partial charge < -0.3 is 15.2 Å². The van der Waals surface area contributed by atoms with Crippen molar-refractivity contribution in [2.45, 2.75) is 26.3 Å². The van der Waals surface area contributed by atoms with E-state index in [2.05, 4.69) is 0 Å². The molecule has 1 aromatic carbocycles. The highest BCUT2D eigenvalue weighted by molar-refractivity contribution is 5.36. The second kappa shape index (κ2) is 7.25. The first-order valence-electron chi connectivity index (χ1n) is 5.90. The largest absolute Gasteiger partial charge is 0.493 e. The van der Waals surface area contributed by atoms with Crippen LogP contribution in [0.2, 0.25) is 0 Å². The van der Waals surface area contributed by atoms with Gasteiger partial charge in [0.15, 0.2) is 0 Å². The van der Waals surface area contributed by atoms with Crippen molar-refractivity contribution >= 4 is 0 Å². The number of hydrogen-bond donors (Lipinski definition) is 1. The van der Waals surface area contributed by atoms with Crippen LogP contribution < -0.4 is 10.5 Å². The van der Waals surface area contributed by atoms with E-state index in [9.17, 15) is 4.39 Å². The molecule has 0 bridgehead atoms. The number of benzene rings is 1. The van der Waals surface area contributed by atoms with Crippen LogP contribution in [0, 0.1) is 5.82 Å². The van der Waals surface area contributed by atoms with Gasteiger partial charge in [-0.05, 0) is 32.0 Å². The van der Waals surface area contributed by atoms with Crippen molar-refractivity contribution < 1.29 is 13.9 Å². The van der Waals surface area contributed by atoms with Crippen molar-refractivity contribution in [1.29, 1.82) is 0 Å². The van der Waals surface area contributed by atoms with Gasteiger partial charge in [0.05, 0.1) is 6.61 Å². The summed E-state index contributed by atoms with van der Waals surface area (Å²) >= 11 is 0. The molecule has 17 heavy (non-hydrogen) atoms. The van der Waals surface area contributed by atoms with Crippen molar-refractivity contribution in [2.75, 3.05) is 19.8 Å². The summed E-state index contributed by atoms with van der Waals surface area (Å²) in [6.07, 6.45) is 0.809. The van der Waals surface area contributed by atoms with Crippen molar-refractivity contribution in [3.63, 3.8) is 0 Å². The molecule has 0 amide bonds. The highest BCUT2D eigenvalue weighted by atomic mass is 19.1. The maximum Gasteiger partial charge on any atom is 0.124 e. The topological polar surface area (TPSA) is 44.5 Å². The Hall–Kier alpha value is -1.13. The van der Waals surface area contributed by atoms with Crippen LogP contribution in [0.3, 0.4) is 0 Å². The summed E-state index contributed by atoms with van der Waals surface area (Å²) in [4.78, 5) is 0. The molecule has 0 saturated heterocycles. The Kier molecular flexibility index (Phi) is 5.94. The smallest absolute Gasteiger partial charge is 0.124 e. The van der Waals surface area contributed by atoms with Gasteiger partial charge in [0.25, 0.3) is 0 Å². The van der Waals surface area contributed by atoms with Crippen molar-refractivity contribution in [3.05, 3.63) is 29.6 Å². The Bertz CT molecular complexity index is 342. The average Bonchev–Trinajstić information content (AvgIpc) is 2.30. The lowest BCUT2D eigenvalue weighted by Gasteiger charge is -2.14. The highest BCUT2D eigenvalue weighted by Gasteiger charge is 2.09. The Labute approximate surface area is 102 Å². The summed E-state index contributed by atoms with van der Waals surface area (Å²) in [5.74, 6) is 0.358. The molecule has 2 N–H and O–H groups in total. The molecule has 0 heterocycles. The Balaban J connectivity index is 2.52. The molecular weight excluding hydrogens is 221 g/mol. The molecule has 0 radical (unpaired) electrons. The maximum atomic E-state index is 13.1. The molecule has 0 aliphatic rings. The minimum absolute atomic E-state index is 0.243. The lowest BCUT2D eigenvalue weighted by Crippen LogP contribution is -2.10. The third kappa shape index (κ3) is 4.71. The predicted molar refractivity (Wildman–Crippen MR) is 65.6 cm³/mol. The zero-order chi connectivity index (χ0) is 12.7. The summed E-state index contributed by atoms with van der Waals surface area (Å²) in [6, 6.07) is 4.17. The van der Waals surface area contributed by atoms with Crippen molar-refractivity contribution in [3.8, 4) is 5.75 Å². The molecule has 0 saturated carbocycles. The first kappa shape index (κ1) is 13.9. The van der Waals surface area contributed by atoms with Crippen LogP contribution in [0.5, 0.6) is 5.75 Å². The van der Waals surface area contributed by atoms with Crippen LogP contribution in [0.1, 0.15) is 31.9 Å². The molecule has 0 unspecified atom stereocenters. The second-order valence-corrected chi connectivity index (χ2v) is 3.87. The number of halogens is 1. The van der Waals surface area contributed by atoms with Crippen LogP contribution >= 0.6 is 0 Å². The molecule has 1 atom stereocenters. The fraction of sp³-hybridized carbons (Fsp3) is 0.538. The molecular formula is C13H20FNO2. The van der Waals surface area contributed by atoms with Crippen LogP contribution in [0.25, 0.3) is 0 Å². The van der Waals surface area contributed by atoms with E-state index in [1.165, 1.54) is 12.1 Å². The Morgan fingerprint density at radius 2 is 2.12 bits per heavy atom. The Morgan fingerprint density at radius 3 is 2.76 bits per heavy atom. The monoisotopic (exact) mass is 241 g/mol. The molecule has 1 rings (SSSR count). The van der Waals surface area contributed by atoms with Crippen molar-refractivity contribution in [1.82, 2.24) is 0 Å². The van der Waals surface area contributed by atoms with E-state index in [1.54, 1.807) is 6.07 Å². The van der Waals surface area contributed by atoms with Crippen molar-refractivity contribution in [2.24, 2.45) is 5.73 Å². The normalized spacial score (nSPS) is 12.5. The highest BCUT2D eigenvalue weighted by Crippen LogP contribution is 2.24. The number of rotatable bonds is 7. The lowest BCUT2D eigenvalue weighted by molar-refractivity contribution is 0.130. The summed E-state index contributed by atoms with van der Waals surface area (Å²) in [5.41, 5.74) is 6.46. The van der Waals surface area contributed by atoms with Gasteiger partial charge in [-0.15, -0.1) is 0 Å².